The van der Waals surface area contributed by atoms with E-state index in [0.717, 1.165) is 29.7 Å². The Balaban J connectivity index is 1.49. The molecule has 0 saturated heterocycles. The van der Waals surface area contributed by atoms with Gasteiger partial charge in [0.1, 0.15) is 0 Å². The van der Waals surface area contributed by atoms with Gasteiger partial charge in [0.25, 0.3) is 0 Å². The van der Waals surface area contributed by atoms with Crippen molar-refractivity contribution in [2.24, 2.45) is 0 Å². The number of benzene rings is 2. The molecule has 0 spiro atoms. The highest BCUT2D eigenvalue weighted by atomic mass is 16.2. The fourth-order valence-electron chi connectivity index (χ4n) is 3.12. The lowest BCUT2D eigenvalue weighted by molar-refractivity contribution is -0.121. The van der Waals surface area contributed by atoms with E-state index in [0.29, 0.717) is 19.4 Å². The van der Waals surface area contributed by atoms with Crippen LogP contribution < -0.4 is 10.2 Å². The zero-order valence-corrected chi connectivity index (χ0v) is 14.8. The number of amides is 2. The summed E-state index contributed by atoms with van der Waals surface area (Å²) in [5.41, 5.74) is 5.54. The number of likely N-dealkylation sites (N-methyl/N-ethyl adjacent to an activating group) is 1. The molecule has 4 heteroatoms. The fourth-order valence-corrected chi connectivity index (χ4v) is 3.12. The van der Waals surface area contributed by atoms with Crippen LogP contribution in [0.5, 0.6) is 0 Å². The maximum Gasteiger partial charge on any atom is 0.231 e. The summed E-state index contributed by atoms with van der Waals surface area (Å²) in [6.45, 7) is 2.63. The summed E-state index contributed by atoms with van der Waals surface area (Å²) in [6.07, 6.45) is 2.71. The third-order valence-electron chi connectivity index (χ3n) is 4.78. The molecule has 1 aliphatic rings. The minimum absolute atomic E-state index is 0.0493. The average Bonchev–Trinajstić information content (AvgIpc) is 2.92. The van der Waals surface area contributed by atoms with Crippen LogP contribution in [-0.2, 0) is 35.4 Å². The summed E-state index contributed by atoms with van der Waals surface area (Å²) in [4.78, 5) is 25.5. The van der Waals surface area contributed by atoms with E-state index >= 15 is 0 Å². The van der Waals surface area contributed by atoms with Crippen molar-refractivity contribution in [2.75, 3.05) is 11.9 Å². The first kappa shape index (κ1) is 17.2. The highest BCUT2D eigenvalue weighted by Gasteiger charge is 2.23. The van der Waals surface area contributed by atoms with Crippen molar-refractivity contribution in [1.82, 2.24) is 5.32 Å². The van der Waals surface area contributed by atoms with Crippen molar-refractivity contribution in [3.05, 3.63) is 64.7 Å². The minimum atomic E-state index is 0.0493. The second-order valence-electron chi connectivity index (χ2n) is 6.54. The number of hydrogen-bond acceptors (Lipinski definition) is 2. The molecule has 25 heavy (non-hydrogen) atoms. The molecule has 0 saturated carbocycles. The molecule has 130 valence electrons. The second-order valence-corrected chi connectivity index (χ2v) is 6.54. The maximum absolute atomic E-state index is 12.1. The van der Waals surface area contributed by atoms with Gasteiger partial charge in [0.2, 0.25) is 11.8 Å². The molecule has 0 bridgehead atoms. The molecular formula is C21H24N2O2. The number of nitrogens with zero attached hydrogens (tertiary/aromatic N) is 1. The van der Waals surface area contributed by atoms with Gasteiger partial charge in [0.05, 0.1) is 6.42 Å². The Morgan fingerprint density at radius 3 is 2.48 bits per heavy atom. The molecule has 2 aromatic rings. The van der Waals surface area contributed by atoms with Gasteiger partial charge in [0, 0.05) is 25.7 Å². The van der Waals surface area contributed by atoms with Crippen LogP contribution in [0.15, 0.2) is 42.5 Å². The summed E-state index contributed by atoms with van der Waals surface area (Å²) in [5, 5.41) is 2.97. The summed E-state index contributed by atoms with van der Waals surface area (Å²) in [7, 11) is 1.79. The van der Waals surface area contributed by atoms with Crippen LogP contribution in [0.4, 0.5) is 5.69 Å². The first-order valence-electron chi connectivity index (χ1n) is 8.79. The molecule has 3 rings (SSSR count). The molecule has 0 unspecified atom stereocenters. The number of anilines is 1. The molecule has 0 aromatic heterocycles. The highest BCUT2D eigenvalue weighted by molar-refractivity contribution is 6.00. The predicted molar refractivity (Wildman–Crippen MR) is 99.5 cm³/mol. The van der Waals surface area contributed by atoms with Crippen molar-refractivity contribution < 1.29 is 9.59 Å². The quantitative estimate of drug-likeness (QED) is 0.881. The Morgan fingerprint density at radius 2 is 1.76 bits per heavy atom. The standard InChI is InChI=1S/C21H24N2O2/c1-3-15-4-6-16(7-5-15)9-11-20(24)22-14-17-8-10-19-18(12-17)13-21(25)23(19)2/h4-8,10,12H,3,9,11,13-14H2,1-2H3,(H,22,24). The number of carbonyl (C=O) groups is 2. The number of rotatable bonds is 6. The monoisotopic (exact) mass is 336 g/mol. The highest BCUT2D eigenvalue weighted by Crippen LogP contribution is 2.28. The summed E-state index contributed by atoms with van der Waals surface area (Å²) >= 11 is 0. The largest absolute Gasteiger partial charge is 0.352 e. The van der Waals surface area contributed by atoms with Crippen LogP contribution in [0.25, 0.3) is 0 Å². The lowest BCUT2D eigenvalue weighted by Gasteiger charge is -2.11. The van der Waals surface area contributed by atoms with Crippen molar-refractivity contribution in [2.45, 2.75) is 39.2 Å². The van der Waals surface area contributed by atoms with Gasteiger partial charge in [-0.15, -0.1) is 0 Å². The van der Waals surface area contributed by atoms with Gasteiger partial charge in [-0.25, -0.2) is 0 Å². The lowest BCUT2D eigenvalue weighted by atomic mass is 10.1. The van der Waals surface area contributed by atoms with E-state index < -0.39 is 0 Å². The van der Waals surface area contributed by atoms with E-state index in [-0.39, 0.29) is 11.8 Å². The molecule has 2 aromatic carbocycles. The van der Waals surface area contributed by atoms with Crippen LogP contribution in [0, 0.1) is 0 Å². The molecule has 0 aliphatic carbocycles. The van der Waals surface area contributed by atoms with Gasteiger partial charge in [-0.1, -0.05) is 43.3 Å². The van der Waals surface area contributed by atoms with E-state index in [2.05, 4.69) is 36.5 Å². The Kier molecular flexibility index (Phi) is 5.17. The molecule has 1 N–H and O–H groups in total. The summed E-state index contributed by atoms with van der Waals surface area (Å²) in [6, 6.07) is 14.4. The number of nitrogens with one attached hydrogen (secondary N) is 1. The van der Waals surface area contributed by atoms with Gasteiger partial charge < -0.3 is 10.2 Å². The van der Waals surface area contributed by atoms with Crippen LogP contribution in [0.1, 0.15) is 35.6 Å². The van der Waals surface area contributed by atoms with Crippen LogP contribution in [0.2, 0.25) is 0 Å². The van der Waals surface area contributed by atoms with Crippen LogP contribution in [0.3, 0.4) is 0 Å². The third kappa shape index (κ3) is 4.08. The summed E-state index contributed by atoms with van der Waals surface area (Å²) < 4.78 is 0. The molecule has 0 atom stereocenters. The minimum Gasteiger partial charge on any atom is -0.352 e. The second kappa shape index (κ2) is 7.51. The van der Waals surface area contributed by atoms with Crippen LogP contribution in [-0.4, -0.2) is 18.9 Å². The molecule has 2 amide bonds. The van der Waals surface area contributed by atoms with Gasteiger partial charge >= 0.3 is 0 Å². The number of carbonyl (C=O) groups excluding carboxylic acids is 2. The zero-order valence-electron chi connectivity index (χ0n) is 14.8. The molecule has 1 heterocycles. The number of aryl methyl sites for hydroxylation is 2. The normalized spacial score (nSPS) is 13.0. The van der Waals surface area contributed by atoms with Crippen molar-refractivity contribution in [3.8, 4) is 0 Å². The third-order valence-corrected chi connectivity index (χ3v) is 4.78. The molecule has 1 aliphatic heterocycles. The Labute approximate surface area is 148 Å². The molecular weight excluding hydrogens is 312 g/mol. The Bertz CT molecular complexity index is 781. The smallest absolute Gasteiger partial charge is 0.231 e. The van der Waals surface area contributed by atoms with E-state index in [1.54, 1.807) is 11.9 Å². The van der Waals surface area contributed by atoms with Crippen molar-refractivity contribution in [3.63, 3.8) is 0 Å². The molecule has 4 nitrogen and oxygen atoms in total. The lowest BCUT2D eigenvalue weighted by Crippen LogP contribution is -2.23. The Hall–Kier alpha value is -2.62. The molecule has 0 radical (unpaired) electrons. The van der Waals surface area contributed by atoms with E-state index in [1.807, 2.05) is 18.2 Å². The number of hydrogen-bond donors (Lipinski definition) is 1. The number of fused-ring (bicyclic) bond motifs is 1. The van der Waals surface area contributed by atoms with E-state index in [1.165, 1.54) is 11.1 Å². The van der Waals surface area contributed by atoms with Gasteiger partial charge in [-0.3, -0.25) is 9.59 Å². The van der Waals surface area contributed by atoms with Gasteiger partial charge in [0.15, 0.2) is 0 Å². The van der Waals surface area contributed by atoms with Crippen molar-refractivity contribution in [1.29, 1.82) is 0 Å². The predicted octanol–water partition coefficient (Wildman–Crippen LogP) is 3.02. The fraction of sp³-hybridized carbons (Fsp3) is 0.333. The van der Waals surface area contributed by atoms with Crippen molar-refractivity contribution >= 4 is 17.5 Å². The Morgan fingerprint density at radius 1 is 1.08 bits per heavy atom. The van der Waals surface area contributed by atoms with E-state index in [9.17, 15) is 9.59 Å². The van der Waals surface area contributed by atoms with Crippen LogP contribution >= 0.6 is 0 Å². The zero-order chi connectivity index (χ0) is 17.8. The topological polar surface area (TPSA) is 49.4 Å². The SMILES string of the molecule is CCc1ccc(CCC(=O)NCc2ccc3c(c2)CC(=O)N3C)cc1. The van der Waals surface area contributed by atoms with Gasteiger partial charge in [-0.05, 0) is 41.2 Å². The molecule has 0 fully saturated rings. The first-order valence-corrected chi connectivity index (χ1v) is 8.79. The van der Waals surface area contributed by atoms with E-state index in [4.69, 9.17) is 0 Å². The maximum atomic E-state index is 12.1. The average molecular weight is 336 g/mol. The van der Waals surface area contributed by atoms with Gasteiger partial charge in [-0.2, -0.15) is 0 Å². The first-order chi connectivity index (χ1) is 12.1. The summed E-state index contributed by atoms with van der Waals surface area (Å²) in [5.74, 6) is 0.165.